The molecule has 2 rings (SSSR count). The Balaban J connectivity index is 1.98. The Morgan fingerprint density at radius 3 is 2.82 bits per heavy atom. The van der Waals surface area contributed by atoms with Crippen LogP contribution in [-0.4, -0.2) is 23.0 Å². The summed E-state index contributed by atoms with van der Waals surface area (Å²) in [6.45, 7) is 1.90. The van der Waals surface area contributed by atoms with Gasteiger partial charge in [0.05, 0.1) is 5.56 Å². The molecule has 1 aromatic heterocycles. The minimum absolute atomic E-state index is 0.0696. The molecular weight excluding hydrogens is 214 g/mol. The van der Waals surface area contributed by atoms with E-state index in [1.165, 1.54) is 6.42 Å². The number of aromatic nitrogens is 1. The van der Waals surface area contributed by atoms with Crippen LogP contribution in [0.4, 0.5) is 0 Å². The topological polar surface area (TPSA) is 68.0 Å². The van der Waals surface area contributed by atoms with Gasteiger partial charge >= 0.3 is 0 Å². The molecule has 1 heterocycles. The maximum atomic E-state index is 12.0. The Labute approximate surface area is 102 Å². The van der Waals surface area contributed by atoms with E-state index in [1.807, 2.05) is 13.0 Å². The highest BCUT2D eigenvalue weighted by atomic mass is 16.1. The molecule has 4 heteroatoms. The highest BCUT2D eigenvalue weighted by Gasteiger charge is 2.23. The second-order valence-corrected chi connectivity index (χ2v) is 4.72. The fourth-order valence-electron chi connectivity index (χ4n) is 2.19. The van der Waals surface area contributed by atoms with Gasteiger partial charge in [-0.25, -0.2) is 0 Å². The van der Waals surface area contributed by atoms with Gasteiger partial charge in [0.1, 0.15) is 0 Å². The molecule has 3 N–H and O–H groups in total. The molecule has 1 amide bonds. The molecule has 0 aliphatic heterocycles. The van der Waals surface area contributed by atoms with E-state index in [1.54, 1.807) is 12.3 Å². The second-order valence-electron chi connectivity index (χ2n) is 4.72. The van der Waals surface area contributed by atoms with Crippen LogP contribution < -0.4 is 11.1 Å². The van der Waals surface area contributed by atoms with E-state index in [2.05, 4.69) is 10.3 Å². The molecule has 0 bridgehead atoms. The minimum Gasteiger partial charge on any atom is -0.348 e. The van der Waals surface area contributed by atoms with E-state index < -0.39 is 0 Å². The smallest absolute Gasteiger partial charge is 0.253 e. The van der Waals surface area contributed by atoms with Crippen molar-refractivity contribution in [1.82, 2.24) is 10.3 Å². The van der Waals surface area contributed by atoms with Crippen molar-refractivity contribution in [3.8, 4) is 0 Å². The van der Waals surface area contributed by atoms with Crippen LogP contribution in [0.25, 0.3) is 0 Å². The van der Waals surface area contributed by atoms with E-state index >= 15 is 0 Å². The molecule has 4 nitrogen and oxygen atoms in total. The number of carbonyl (C=O) groups excluding carboxylic acids is 1. The number of hydrogen-bond acceptors (Lipinski definition) is 3. The standard InChI is InChI=1S/C13H19N3O/c1-9-6-7-10(8-15-9)13(17)16-12-5-3-2-4-11(12)14/h6-8,11-12H,2-5,14H2,1H3,(H,16,17)/t11-,12-/m1/s1. The van der Waals surface area contributed by atoms with Gasteiger partial charge in [0.15, 0.2) is 0 Å². The molecule has 1 fully saturated rings. The molecule has 1 aliphatic rings. The summed E-state index contributed by atoms with van der Waals surface area (Å²) in [7, 11) is 0. The summed E-state index contributed by atoms with van der Waals surface area (Å²) in [5.41, 5.74) is 7.52. The van der Waals surface area contributed by atoms with E-state index in [9.17, 15) is 4.79 Å². The number of nitrogens with one attached hydrogen (secondary N) is 1. The number of amides is 1. The van der Waals surface area contributed by atoms with Gasteiger partial charge in [0.2, 0.25) is 0 Å². The first kappa shape index (κ1) is 12.0. The number of nitrogens with zero attached hydrogens (tertiary/aromatic N) is 1. The largest absolute Gasteiger partial charge is 0.348 e. The van der Waals surface area contributed by atoms with Gasteiger partial charge in [-0.05, 0) is 31.9 Å². The van der Waals surface area contributed by atoms with Gasteiger partial charge in [0.25, 0.3) is 5.91 Å². The monoisotopic (exact) mass is 233 g/mol. The highest BCUT2D eigenvalue weighted by molar-refractivity contribution is 5.94. The zero-order valence-corrected chi connectivity index (χ0v) is 10.1. The average Bonchev–Trinajstić information content (AvgIpc) is 2.33. The zero-order chi connectivity index (χ0) is 12.3. The number of carbonyl (C=O) groups is 1. The second kappa shape index (κ2) is 5.27. The summed E-state index contributed by atoms with van der Waals surface area (Å²) >= 11 is 0. The Hall–Kier alpha value is -1.42. The fourth-order valence-corrected chi connectivity index (χ4v) is 2.19. The summed E-state index contributed by atoms with van der Waals surface area (Å²) in [6, 6.07) is 3.84. The minimum atomic E-state index is -0.0696. The summed E-state index contributed by atoms with van der Waals surface area (Å²) in [6.07, 6.45) is 5.90. The predicted molar refractivity (Wildman–Crippen MR) is 66.7 cm³/mol. The predicted octanol–water partition coefficient (Wildman–Crippen LogP) is 1.39. The molecule has 0 saturated heterocycles. The van der Waals surface area contributed by atoms with Crippen LogP contribution in [0.15, 0.2) is 18.3 Å². The molecule has 0 spiro atoms. The lowest BCUT2D eigenvalue weighted by molar-refractivity contribution is 0.0921. The van der Waals surface area contributed by atoms with Crippen molar-refractivity contribution >= 4 is 5.91 Å². The molecule has 1 aromatic rings. The van der Waals surface area contributed by atoms with Crippen LogP contribution in [-0.2, 0) is 0 Å². The lowest BCUT2D eigenvalue weighted by atomic mass is 9.91. The van der Waals surface area contributed by atoms with Gasteiger partial charge in [-0.3, -0.25) is 9.78 Å². The van der Waals surface area contributed by atoms with Crippen molar-refractivity contribution in [3.05, 3.63) is 29.6 Å². The van der Waals surface area contributed by atoms with Gasteiger partial charge in [-0.1, -0.05) is 12.8 Å². The maximum absolute atomic E-state index is 12.0. The van der Waals surface area contributed by atoms with Crippen LogP contribution >= 0.6 is 0 Å². The van der Waals surface area contributed by atoms with Crippen molar-refractivity contribution in [3.63, 3.8) is 0 Å². The lowest BCUT2D eigenvalue weighted by Crippen LogP contribution is -2.49. The van der Waals surface area contributed by atoms with Crippen LogP contribution in [0.1, 0.15) is 41.7 Å². The van der Waals surface area contributed by atoms with Crippen molar-refractivity contribution in [2.24, 2.45) is 5.73 Å². The van der Waals surface area contributed by atoms with Crippen LogP contribution in [0.2, 0.25) is 0 Å². The SMILES string of the molecule is Cc1ccc(C(=O)N[C@@H]2CCCC[C@H]2N)cn1. The molecule has 0 unspecified atom stereocenters. The van der Waals surface area contributed by atoms with Crippen molar-refractivity contribution < 1.29 is 4.79 Å². The normalized spacial score (nSPS) is 24.4. The van der Waals surface area contributed by atoms with Crippen molar-refractivity contribution in [1.29, 1.82) is 0 Å². The molecule has 92 valence electrons. The molecular formula is C13H19N3O. The summed E-state index contributed by atoms with van der Waals surface area (Å²) in [5, 5.41) is 3.00. The van der Waals surface area contributed by atoms with Crippen molar-refractivity contribution in [2.75, 3.05) is 0 Å². The Kier molecular flexibility index (Phi) is 3.74. The van der Waals surface area contributed by atoms with Crippen LogP contribution in [0.5, 0.6) is 0 Å². The first-order chi connectivity index (χ1) is 8.16. The summed E-state index contributed by atoms with van der Waals surface area (Å²) in [4.78, 5) is 16.1. The molecule has 0 radical (unpaired) electrons. The first-order valence-corrected chi connectivity index (χ1v) is 6.16. The summed E-state index contributed by atoms with van der Waals surface area (Å²) < 4.78 is 0. The third kappa shape index (κ3) is 3.03. The van der Waals surface area contributed by atoms with E-state index in [-0.39, 0.29) is 18.0 Å². The van der Waals surface area contributed by atoms with Crippen molar-refractivity contribution in [2.45, 2.75) is 44.7 Å². The fraction of sp³-hybridized carbons (Fsp3) is 0.538. The molecule has 17 heavy (non-hydrogen) atoms. The van der Waals surface area contributed by atoms with Crippen LogP contribution in [0, 0.1) is 6.92 Å². The van der Waals surface area contributed by atoms with Gasteiger partial charge < -0.3 is 11.1 Å². The Morgan fingerprint density at radius 2 is 2.18 bits per heavy atom. The Morgan fingerprint density at radius 1 is 1.41 bits per heavy atom. The quantitative estimate of drug-likeness (QED) is 0.811. The number of hydrogen-bond donors (Lipinski definition) is 2. The molecule has 1 saturated carbocycles. The lowest BCUT2D eigenvalue weighted by Gasteiger charge is -2.29. The third-order valence-electron chi connectivity index (χ3n) is 3.31. The van der Waals surface area contributed by atoms with Gasteiger partial charge in [-0.2, -0.15) is 0 Å². The highest BCUT2D eigenvalue weighted by Crippen LogP contribution is 2.17. The van der Waals surface area contributed by atoms with Crippen LogP contribution in [0.3, 0.4) is 0 Å². The average molecular weight is 233 g/mol. The number of rotatable bonds is 2. The zero-order valence-electron chi connectivity index (χ0n) is 10.1. The number of nitrogens with two attached hydrogens (primary N) is 1. The van der Waals surface area contributed by atoms with E-state index in [0.717, 1.165) is 25.0 Å². The van der Waals surface area contributed by atoms with Gasteiger partial charge in [-0.15, -0.1) is 0 Å². The molecule has 1 aliphatic carbocycles. The third-order valence-corrected chi connectivity index (χ3v) is 3.31. The Bertz CT molecular complexity index is 388. The first-order valence-electron chi connectivity index (χ1n) is 6.16. The van der Waals surface area contributed by atoms with E-state index in [4.69, 9.17) is 5.73 Å². The number of pyridine rings is 1. The maximum Gasteiger partial charge on any atom is 0.253 e. The molecule has 2 atom stereocenters. The number of aryl methyl sites for hydroxylation is 1. The summed E-state index contributed by atoms with van der Waals surface area (Å²) in [5.74, 6) is -0.0696. The molecule has 0 aromatic carbocycles. The van der Waals surface area contributed by atoms with E-state index in [0.29, 0.717) is 5.56 Å². The van der Waals surface area contributed by atoms with Gasteiger partial charge in [0, 0.05) is 24.0 Å².